The molecule has 2 fully saturated rings. The minimum Gasteiger partial charge on any atom is -0.388 e. The van der Waals surface area contributed by atoms with Crippen molar-refractivity contribution in [2.75, 3.05) is 23.8 Å². The third kappa shape index (κ3) is 4.99. The normalized spacial score (nSPS) is 24.6. The molecule has 13 heteroatoms. The van der Waals surface area contributed by atoms with Crippen LogP contribution in [0.3, 0.4) is 0 Å². The molecule has 3 aromatic rings. The van der Waals surface area contributed by atoms with Gasteiger partial charge in [-0.15, -0.1) is 0 Å². The number of carbonyl (C=O) groups excluding carboxylic acids is 1. The van der Waals surface area contributed by atoms with Gasteiger partial charge in [-0.3, -0.25) is 9.36 Å². The number of aliphatic hydroxyl groups is 1. The number of nitrogens with two attached hydrogens (primary N) is 1. The van der Waals surface area contributed by atoms with Crippen LogP contribution in [0.25, 0.3) is 11.2 Å². The molecule has 5 rings (SSSR count). The third-order valence-electron chi connectivity index (χ3n) is 6.51. The number of nitrogens with one attached hydrogen (secondary N) is 2. The first-order valence-corrected chi connectivity index (χ1v) is 12.4. The Hall–Kier alpha value is -2.37. The van der Waals surface area contributed by atoms with E-state index >= 15 is 0 Å². The summed E-state index contributed by atoms with van der Waals surface area (Å²) in [5.41, 5.74) is 7.18. The lowest BCUT2D eigenvalue weighted by atomic mass is 9.85. The van der Waals surface area contributed by atoms with Crippen LogP contribution < -0.4 is 16.4 Å². The van der Waals surface area contributed by atoms with E-state index in [1.54, 1.807) is 18.3 Å². The maximum absolute atomic E-state index is 11.7. The minimum atomic E-state index is -0.644. The number of rotatable bonds is 6. The Morgan fingerprint density at radius 3 is 2.46 bits per heavy atom. The predicted octanol–water partition coefficient (Wildman–Crippen LogP) is 3.92. The molecule has 1 aliphatic carbocycles. The average Bonchev–Trinajstić information content (AvgIpc) is 3.38. The smallest absolute Gasteiger partial charge is 0.225 e. The van der Waals surface area contributed by atoms with Crippen LogP contribution in [-0.4, -0.2) is 55.9 Å². The van der Waals surface area contributed by atoms with E-state index in [9.17, 15) is 9.90 Å². The van der Waals surface area contributed by atoms with Crippen LogP contribution in [-0.2, 0) is 9.53 Å². The number of ether oxygens (including phenoxy) is 1. The van der Waals surface area contributed by atoms with Crippen LogP contribution in [0.1, 0.15) is 31.7 Å². The van der Waals surface area contributed by atoms with Crippen molar-refractivity contribution in [1.29, 1.82) is 0 Å². The van der Waals surface area contributed by atoms with Crippen molar-refractivity contribution < 1.29 is 14.6 Å². The third-order valence-corrected chi connectivity index (χ3v) is 7.32. The fraction of sp³-hybridized carbons (Fsp3) is 0.455. The Morgan fingerprint density at radius 2 is 1.83 bits per heavy atom. The lowest BCUT2D eigenvalue weighted by Gasteiger charge is -2.29. The van der Waals surface area contributed by atoms with E-state index < -0.39 is 6.10 Å². The molecule has 0 radical (unpaired) electrons. The van der Waals surface area contributed by atoms with E-state index in [-0.39, 0.29) is 30.5 Å². The molecule has 1 aromatic carbocycles. The van der Waals surface area contributed by atoms with Gasteiger partial charge < -0.3 is 26.2 Å². The number of amides is 1. The molecule has 1 aliphatic heterocycles. The topological polar surface area (TPSA) is 140 Å². The minimum absolute atomic E-state index is 0.00565. The number of nitrogens with zero attached hydrogens (tertiary/aromatic N) is 4. The predicted molar refractivity (Wildman–Crippen MR) is 135 cm³/mol. The molecular formula is C22H24Cl3N7O3. The Kier molecular flexibility index (Phi) is 6.91. The van der Waals surface area contributed by atoms with Gasteiger partial charge in [0.15, 0.2) is 5.65 Å². The first-order chi connectivity index (χ1) is 16.8. The van der Waals surface area contributed by atoms with Gasteiger partial charge in [0.05, 0.1) is 47.3 Å². The molecule has 2 atom stereocenters. The lowest BCUT2D eigenvalue weighted by Crippen LogP contribution is -2.32. The number of hydrogen-bond donors (Lipinski definition) is 4. The van der Waals surface area contributed by atoms with Crippen molar-refractivity contribution in [3.8, 4) is 0 Å². The largest absolute Gasteiger partial charge is 0.388 e. The highest BCUT2D eigenvalue weighted by molar-refractivity contribution is 6.41. The molecule has 2 aliphatic rings. The second-order valence-electron chi connectivity index (χ2n) is 8.84. The van der Waals surface area contributed by atoms with E-state index in [2.05, 4.69) is 15.6 Å². The van der Waals surface area contributed by atoms with Gasteiger partial charge in [0.2, 0.25) is 17.8 Å². The molecule has 35 heavy (non-hydrogen) atoms. The SMILES string of the molecule is NC(=O)[C@H]1CC[C@@H](n2c(Nc3c(Cl)cc(Cl)cc3Cl)nc3cnc(N[C@H]4COC[C@@H]4O)nc32)CC1. The molecule has 0 spiro atoms. The summed E-state index contributed by atoms with van der Waals surface area (Å²) in [6.07, 6.45) is 3.76. The maximum atomic E-state index is 11.7. The number of aromatic nitrogens is 4. The summed E-state index contributed by atoms with van der Waals surface area (Å²) in [4.78, 5) is 25.5. The van der Waals surface area contributed by atoms with E-state index in [4.69, 9.17) is 55.2 Å². The molecular weight excluding hydrogens is 517 g/mol. The summed E-state index contributed by atoms with van der Waals surface area (Å²) >= 11 is 18.9. The van der Waals surface area contributed by atoms with Gasteiger partial charge in [0.25, 0.3) is 0 Å². The van der Waals surface area contributed by atoms with Gasteiger partial charge in [-0.05, 0) is 37.8 Å². The van der Waals surface area contributed by atoms with Gasteiger partial charge >= 0.3 is 0 Å². The van der Waals surface area contributed by atoms with E-state index in [0.29, 0.717) is 63.3 Å². The van der Waals surface area contributed by atoms with Gasteiger partial charge in [-0.2, -0.15) is 4.98 Å². The van der Waals surface area contributed by atoms with Crippen molar-refractivity contribution in [3.05, 3.63) is 33.4 Å². The molecule has 5 N–H and O–H groups in total. The zero-order valence-corrected chi connectivity index (χ0v) is 20.8. The second kappa shape index (κ2) is 9.94. The first kappa shape index (κ1) is 24.3. The van der Waals surface area contributed by atoms with Crippen molar-refractivity contribution in [2.45, 2.75) is 43.9 Å². The highest BCUT2D eigenvalue weighted by Crippen LogP contribution is 2.40. The molecule has 1 saturated heterocycles. The van der Waals surface area contributed by atoms with Crippen LogP contribution in [0.4, 0.5) is 17.6 Å². The zero-order chi connectivity index (χ0) is 24.7. The number of halogens is 3. The number of benzene rings is 1. The Labute approximate surface area is 216 Å². The fourth-order valence-electron chi connectivity index (χ4n) is 4.63. The average molecular weight is 541 g/mol. The van der Waals surface area contributed by atoms with Gasteiger partial charge in [-0.1, -0.05) is 34.8 Å². The molecule has 2 aromatic heterocycles. The summed E-state index contributed by atoms with van der Waals surface area (Å²) in [5.74, 6) is 0.425. The number of primary amides is 1. The molecule has 3 heterocycles. The molecule has 186 valence electrons. The lowest BCUT2D eigenvalue weighted by molar-refractivity contribution is -0.122. The Balaban J connectivity index is 1.54. The van der Waals surface area contributed by atoms with Gasteiger partial charge in [0, 0.05) is 17.0 Å². The van der Waals surface area contributed by atoms with Crippen molar-refractivity contribution in [3.63, 3.8) is 0 Å². The monoisotopic (exact) mass is 539 g/mol. The maximum Gasteiger partial charge on any atom is 0.225 e. The van der Waals surface area contributed by atoms with Crippen LogP contribution in [0.15, 0.2) is 18.3 Å². The quantitative estimate of drug-likeness (QED) is 0.369. The summed E-state index contributed by atoms with van der Waals surface area (Å²) in [6.45, 7) is 0.622. The molecule has 10 nitrogen and oxygen atoms in total. The summed E-state index contributed by atoms with van der Waals surface area (Å²) in [7, 11) is 0. The molecule has 1 saturated carbocycles. The molecule has 0 unspecified atom stereocenters. The highest BCUT2D eigenvalue weighted by Gasteiger charge is 2.30. The summed E-state index contributed by atoms with van der Waals surface area (Å²) in [6, 6.07) is 2.89. The van der Waals surface area contributed by atoms with E-state index in [1.807, 2.05) is 4.57 Å². The van der Waals surface area contributed by atoms with Crippen molar-refractivity contribution in [1.82, 2.24) is 19.5 Å². The fourth-order valence-corrected chi connectivity index (χ4v) is 5.54. The van der Waals surface area contributed by atoms with Crippen molar-refractivity contribution in [2.24, 2.45) is 11.7 Å². The highest BCUT2D eigenvalue weighted by atomic mass is 35.5. The second-order valence-corrected chi connectivity index (χ2v) is 10.1. The van der Waals surface area contributed by atoms with Crippen molar-refractivity contribution >= 4 is 69.5 Å². The number of imidazole rings is 1. The van der Waals surface area contributed by atoms with E-state index in [1.165, 1.54) is 0 Å². The number of hydrogen-bond acceptors (Lipinski definition) is 8. The summed E-state index contributed by atoms with van der Waals surface area (Å²) < 4.78 is 7.30. The standard InChI is InChI=1S/C22H24Cl3N7O3/c23-11-5-13(24)18(14(25)6-11)30-22-29-15-7-27-21(28-16-8-35-9-17(16)33)31-20(15)32(22)12-3-1-10(2-4-12)19(26)34/h5-7,10,12,16-17,33H,1-4,8-9H2,(H2,26,34)(H,29,30)(H,27,28,31)/t10-,12+,16-,17-/m0/s1. The molecule has 0 bridgehead atoms. The van der Waals surface area contributed by atoms with Crippen LogP contribution in [0.2, 0.25) is 15.1 Å². The Bertz CT molecular complexity index is 1240. The molecule has 1 amide bonds. The van der Waals surface area contributed by atoms with E-state index in [0.717, 1.165) is 12.8 Å². The number of carbonyl (C=O) groups is 1. The van der Waals surface area contributed by atoms with Crippen LogP contribution in [0.5, 0.6) is 0 Å². The zero-order valence-electron chi connectivity index (χ0n) is 18.5. The first-order valence-electron chi connectivity index (χ1n) is 11.3. The van der Waals surface area contributed by atoms with Gasteiger partial charge in [0.1, 0.15) is 5.52 Å². The number of anilines is 3. The van der Waals surface area contributed by atoms with Crippen LogP contribution in [0, 0.1) is 5.92 Å². The Morgan fingerprint density at radius 1 is 1.11 bits per heavy atom. The summed E-state index contributed by atoms with van der Waals surface area (Å²) in [5, 5.41) is 17.6. The van der Waals surface area contributed by atoms with Crippen LogP contribution >= 0.6 is 34.8 Å². The number of fused-ring (bicyclic) bond motifs is 1. The number of aliphatic hydroxyl groups excluding tert-OH is 1. The van der Waals surface area contributed by atoms with Gasteiger partial charge in [-0.25, -0.2) is 9.97 Å².